The lowest BCUT2D eigenvalue weighted by Gasteiger charge is -2.20. The summed E-state index contributed by atoms with van der Waals surface area (Å²) >= 11 is 12.0. The van der Waals surface area contributed by atoms with Gasteiger partial charge in [0.25, 0.3) is 0 Å². The van der Waals surface area contributed by atoms with Crippen LogP contribution in [0.3, 0.4) is 0 Å². The third-order valence-electron chi connectivity index (χ3n) is 3.91. The van der Waals surface area contributed by atoms with E-state index in [0.717, 1.165) is 29.9 Å². The van der Waals surface area contributed by atoms with Crippen LogP contribution in [0.15, 0.2) is 24.4 Å². The van der Waals surface area contributed by atoms with Gasteiger partial charge in [0.15, 0.2) is 0 Å². The Morgan fingerprint density at radius 1 is 1.15 bits per heavy atom. The molecule has 1 saturated carbocycles. The van der Waals surface area contributed by atoms with E-state index in [9.17, 15) is 0 Å². The van der Waals surface area contributed by atoms with Crippen LogP contribution in [0, 0.1) is 0 Å². The Kier molecular flexibility index (Phi) is 3.76. The smallest absolute Gasteiger partial charge is 0.126 e. The molecule has 0 bridgehead atoms. The molecule has 0 radical (unpaired) electrons. The number of hydrogen-bond donors (Lipinski definition) is 2. The fraction of sp³-hybridized carbons (Fsp3) is 0.400. The predicted molar refractivity (Wildman–Crippen MR) is 82.2 cm³/mol. The summed E-state index contributed by atoms with van der Waals surface area (Å²) in [4.78, 5) is 7.89. The van der Waals surface area contributed by atoms with Crippen molar-refractivity contribution in [2.24, 2.45) is 5.73 Å². The van der Waals surface area contributed by atoms with Gasteiger partial charge in [0.2, 0.25) is 0 Å². The highest BCUT2D eigenvalue weighted by Crippen LogP contribution is 2.34. The zero-order valence-electron chi connectivity index (χ0n) is 11.1. The standard InChI is InChI=1S/C15H17Cl2N3/c16-11-5-10(6-12(17)8-11)7-13-9-19-14(20-13)15(18)3-1-2-4-15/h5-6,8-9H,1-4,7,18H2,(H,19,20). The molecule has 1 heterocycles. The van der Waals surface area contributed by atoms with Gasteiger partial charge in [-0.3, -0.25) is 0 Å². The Morgan fingerprint density at radius 2 is 1.80 bits per heavy atom. The summed E-state index contributed by atoms with van der Waals surface area (Å²) in [7, 11) is 0. The third-order valence-corrected chi connectivity index (χ3v) is 4.34. The first-order valence-electron chi connectivity index (χ1n) is 6.84. The molecular weight excluding hydrogens is 293 g/mol. The van der Waals surface area contributed by atoms with E-state index in [0.29, 0.717) is 16.5 Å². The van der Waals surface area contributed by atoms with Crippen molar-refractivity contribution in [2.45, 2.75) is 37.6 Å². The monoisotopic (exact) mass is 309 g/mol. The molecule has 0 aliphatic heterocycles. The van der Waals surface area contributed by atoms with Crippen molar-refractivity contribution in [3.63, 3.8) is 0 Å². The van der Waals surface area contributed by atoms with Gasteiger partial charge in [0.05, 0.1) is 11.2 Å². The zero-order chi connectivity index (χ0) is 14.2. The highest BCUT2D eigenvalue weighted by molar-refractivity contribution is 6.34. The van der Waals surface area contributed by atoms with Gasteiger partial charge in [0.1, 0.15) is 5.82 Å². The molecule has 0 amide bonds. The number of aromatic amines is 1. The largest absolute Gasteiger partial charge is 0.347 e. The molecule has 0 saturated heterocycles. The molecule has 1 aromatic carbocycles. The number of nitrogens with two attached hydrogens (primary N) is 1. The van der Waals surface area contributed by atoms with Gasteiger partial charge in [-0.15, -0.1) is 0 Å². The van der Waals surface area contributed by atoms with Gasteiger partial charge < -0.3 is 10.7 Å². The maximum Gasteiger partial charge on any atom is 0.126 e. The van der Waals surface area contributed by atoms with Crippen LogP contribution in [0.5, 0.6) is 0 Å². The molecule has 1 aliphatic carbocycles. The number of aromatic nitrogens is 2. The molecular formula is C15H17Cl2N3. The fourth-order valence-corrected chi connectivity index (χ4v) is 3.44. The quantitative estimate of drug-likeness (QED) is 0.899. The van der Waals surface area contributed by atoms with E-state index < -0.39 is 0 Å². The number of nitrogens with zero attached hydrogens (tertiary/aromatic N) is 1. The zero-order valence-corrected chi connectivity index (χ0v) is 12.6. The van der Waals surface area contributed by atoms with Crippen LogP contribution in [0.25, 0.3) is 0 Å². The number of imidazole rings is 1. The Bertz CT molecular complexity index is 595. The highest BCUT2D eigenvalue weighted by atomic mass is 35.5. The van der Waals surface area contributed by atoms with Crippen molar-refractivity contribution >= 4 is 23.2 Å². The van der Waals surface area contributed by atoms with Crippen molar-refractivity contribution in [2.75, 3.05) is 0 Å². The molecule has 106 valence electrons. The Morgan fingerprint density at radius 3 is 2.45 bits per heavy atom. The Balaban J connectivity index is 1.80. The van der Waals surface area contributed by atoms with E-state index in [1.165, 1.54) is 12.8 Å². The molecule has 1 aromatic heterocycles. The van der Waals surface area contributed by atoms with Gasteiger partial charge in [-0.2, -0.15) is 0 Å². The first-order chi connectivity index (χ1) is 9.55. The average Bonchev–Trinajstić information content (AvgIpc) is 2.98. The van der Waals surface area contributed by atoms with Crippen molar-refractivity contribution in [1.82, 2.24) is 9.97 Å². The van der Waals surface area contributed by atoms with Gasteiger partial charge in [-0.05, 0) is 36.6 Å². The van der Waals surface area contributed by atoms with E-state index >= 15 is 0 Å². The van der Waals surface area contributed by atoms with Gasteiger partial charge >= 0.3 is 0 Å². The van der Waals surface area contributed by atoms with Crippen LogP contribution >= 0.6 is 23.2 Å². The molecule has 3 nitrogen and oxygen atoms in total. The first kappa shape index (κ1) is 13.9. The SMILES string of the molecule is NC1(c2nc(Cc3cc(Cl)cc(Cl)c3)c[nH]2)CCCC1. The lowest BCUT2D eigenvalue weighted by molar-refractivity contribution is 0.435. The van der Waals surface area contributed by atoms with Gasteiger partial charge in [-0.25, -0.2) is 4.98 Å². The van der Waals surface area contributed by atoms with Crippen LogP contribution in [0.1, 0.15) is 42.8 Å². The maximum absolute atomic E-state index is 6.40. The molecule has 20 heavy (non-hydrogen) atoms. The van der Waals surface area contributed by atoms with E-state index in [4.69, 9.17) is 28.9 Å². The summed E-state index contributed by atoms with van der Waals surface area (Å²) in [5.74, 6) is 0.901. The summed E-state index contributed by atoms with van der Waals surface area (Å²) in [6.45, 7) is 0. The van der Waals surface area contributed by atoms with E-state index in [1.807, 2.05) is 18.3 Å². The van der Waals surface area contributed by atoms with Crippen molar-refractivity contribution in [1.29, 1.82) is 0 Å². The minimum atomic E-state index is -0.274. The van der Waals surface area contributed by atoms with Crippen LogP contribution in [0.4, 0.5) is 0 Å². The summed E-state index contributed by atoms with van der Waals surface area (Å²) in [6, 6.07) is 5.56. The number of halogens is 2. The number of H-pyrrole nitrogens is 1. The maximum atomic E-state index is 6.40. The number of benzene rings is 1. The summed E-state index contributed by atoms with van der Waals surface area (Å²) in [6.07, 6.45) is 6.99. The van der Waals surface area contributed by atoms with Crippen molar-refractivity contribution < 1.29 is 0 Å². The predicted octanol–water partition coefficient (Wildman–Crippen LogP) is 4.04. The molecule has 5 heteroatoms. The summed E-state index contributed by atoms with van der Waals surface area (Å²) in [5.41, 5.74) is 8.15. The summed E-state index contributed by atoms with van der Waals surface area (Å²) < 4.78 is 0. The van der Waals surface area contributed by atoms with Gasteiger partial charge in [0, 0.05) is 22.7 Å². The molecule has 1 fully saturated rings. The number of nitrogens with one attached hydrogen (secondary N) is 1. The molecule has 0 atom stereocenters. The Hall–Kier alpha value is -1.03. The normalized spacial score (nSPS) is 17.6. The van der Waals surface area contributed by atoms with E-state index in [1.54, 1.807) is 6.07 Å². The van der Waals surface area contributed by atoms with Crippen LogP contribution in [-0.2, 0) is 12.0 Å². The van der Waals surface area contributed by atoms with Crippen LogP contribution in [-0.4, -0.2) is 9.97 Å². The molecule has 3 rings (SSSR count). The molecule has 3 N–H and O–H groups in total. The van der Waals surface area contributed by atoms with Gasteiger partial charge in [-0.1, -0.05) is 36.0 Å². The second kappa shape index (κ2) is 5.40. The first-order valence-corrected chi connectivity index (χ1v) is 7.59. The average molecular weight is 310 g/mol. The number of rotatable bonds is 3. The lowest BCUT2D eigenvalue weighted by Crippen LogP contribution is -2.34. The van der Waals surface area contributed by atoms with E-state index in [2.05, 4.69) is 9.97 Å². The molecule has 0 spiro atoms. The second-order valence-corrected chi connectivity index (χ2v) is 6.43. The summed E-state index contributed by atoms with van der Waals surface area (Å²) in [5, 5.41) is 1.30. The van der Waals surface area contributed by atoms with Crippen LogP contribution in [0.2, 0.25) is 10.0 Å². The van der Waals surface area contributed by atoms with E-state index in [-0.39, 0.29) is 5.54 Å². The third kappa shape index (κ3) is 2.85. The van der Waals surface area contributed by atoms with Crippen LogP contribution < -0.4 is 5.73 Å². The minimum absolute atomic E-state index is 0.274. The lowest BCUT2D eigenvalue weighted by atomic mass is 9.99. The molecule has 1 aliphatic rings. The molecule has 2 aromatic rings. The van der Waals surface area contributed by atoms with Crippen molar-refractivity contribution in [3.05, 3.63) is 51.5 Å². The highest BCUT2D eigenvalue weighted by Gasteiger charge is 2.33. The minimum Gasteiger partial charge on any atom is -0.347 e. The molecule has 0 unspecified atom stereocenters. The van der Waals surface area contributed by atoms with Crippen molar-refractivity contribution in [3.8, 4) is 0 Å². The second-order valence-electron chi connectivity index (χ2n) is 5.56. The fourth-order valence-electron chi connectivity index (χ4n) is 2.87. The number of hydrogen-bond acceptors (Lipinski definition) is 2. The topological polar surface area (TPSA) is 54.7 Å². The Labute approximate surface area is 128 Å².